The predicted molar refractivity (Wildman–Crippen MR) is 59.3 cm³/mol. The van der Waals surface area contributed by atoms with Gasteiger partial charge in [-0.3, -0.25) is 0 Å². The van der Waals surface area contributed by atoms with Gasteiger partial charge in [-0.25, -0.2) is 4.79 Å². The second-order valence-electron chi connectivity index (χ2n) is 3.37. The number of ether oxygens (including phenoxy) is 3. The zero-order valence-electron chi connectivity index (χ0n) is 9.94. The molecule has 0 aliphatic carbocycles. The number of esters is 1. The van der Waals surface area contributed by atoms with Crippen molar-refractivity contribution < 1.29 is 19.0 Å². The lowest BCUT2D eigenvalue weighted by molar-refractivity contribution is -0.106. The van der Waals surface area contributed by atoms with E-state index >= 15 is 0 Å². The van der Waals surface area contributed by atoms with Crippen LogP contribution in [-0.4, -0.2) is 27.3 Å². The molecule has 0 heterocycles. The van der Waals surface area contributed by atoms with Gasteiger partial charge < -0.3 is 14.2 Å². The molecule has 0 bridgehead atoms. The Balaban J connectivity index is 3.11. The first-order chi connectivity index (χ1) is 7.63. The molecule has 0 unspecified atom stereocenters. The Labute approximate surface area is 95.1 Å². The third kappa shape index (κ3) is 2.59. The number of methoxy groups -OCH3 is 3. The monoisotopic (exact) mass is 224 g/mol. The van der Waals surface area contributed by atoms with E-state index in [-0.39, 0.29) is 5.97 Å². The molecule has 0 aliphatic heterocycles. The molecule has 0 saturated carbocycles. The molecule has 0 aliphatic rings. The van der Waals surface area contributed by atoms with Crippen molar-refractivity contribution in [3.63, 3.8) is 0 Å². The number of aryl methyl sites for hydroxylation is 1. The van der Waals surface area contributed by atoms with Crippen LogP contribution in [0.4, 0.5) is 0 Å². The summed E-state index contributed by atoms with van der Waals surface area (Å²) < 4.78 is 14.9. The number of carbonyl (C=O) groups is 1. The van der Waals surface area contributed by atoms with Crippen LogP contribution >= 0.6 is 0 Å². The van der Waals surface area contributed by atoms with E-state index in [1.165, 1.54) is 7.11 Å². The van der Waals surface area contributed by atoms with Crippen LogP contribution in [0.1, 0.15) is 27.8 Å². The van der Waals surface area contributed by atoms with Crippen LogP contribution in [0.5, 0.6) is 0 Å². The van der Waals surface area contributed by atoms with E-state index < -0.39 is 6.29 Å². The van der Waals surface area contributed by atoms with E-state index in [2.05, 4.69) is 0 Å². The second kappa shape index (κ2) is 5.63. The van der Waals surface area contributed by atoms with Crippen molar-refractivity contribution in [3.8, 4) is 0 Å². The first kappa shape index (κ1) is 12.7. The minimum atomic E-state index is -0.469. The van der Waals surface area contributed by atoms with Gasteiger partial charge in [0.1, 0.15) is 0 Å². The molecule has 1 aromatic rings. The fourth-order valence-corrected chi connectivity index (χ4v) is 1.48. The van der Waals surface area contributed by atoms with Crippen LogP contribution in [-0.2, 0) is 14.2 Å². The number of benzene rings is 1. The van der Waals surface area contributed by atoms with E-state index in [0.29, 0.717) is 5.56 Å². The number of hydrogen-bond donors (Lipinski definition) is 0. The lowest BCUT2D eigenvalue weighted by atomic mass is 10.0. The minimum absolute atomic E-state index is 0.356. The molecule has 0 spiro atoms. The van der Waals surface area contributed by atoms with E-state index in [1.807, 2.05) is 19.1 Å². The van der Waals surface area contributed by atoms with Crippen molar-refractivity contribution in [2.45, 2.75) is 13.2 Å². The van der Waals surface area contributed by atoms with Crippen LogP contribution in [0.2, 0.25) is 0 Å². The topological polar surface area (TPSA) is 44.8 Å². The van der Waals surface area contributed by atoms with Crippen LogP contribution in [0.25, 0.3) is 0 Å². The van der Waals surface area contributed by atoms with Crippen LogP contribution in [0, 0.1) is 6.92 Å². The largest absolute Gasteiger partial charge is 0.465 e. The van der Waals surface area contributed by atoms with Gasteiger partial charge >= 0.3 is 5.97 Å². The zero-order chi connectivity index (χ0) is 12.1. The summed E-state index contributed by atoms with van der Waals surface area (Å²) in [7, 11) is 4.45. The highest BCUT2D eigenvalue weighted by Crippen LogP contribution is 2.21. The van der Waals surface area contributed by atoms with Crippen molar-refractivity contribution in [1.82, 2.24) is 0 Å². The summed E-state index contributed by atoms with van der Waals surface area (Å²) in [6.45, 7) is 1.85. The molecule has 88 valence electrons. The van der Waals surface area contributed by atoms with Gasteiger partial charge in [-0.15, -0.1) is 0 Å². The molecule has 0 saturated heterocycles. The number of carbonyl (C=O) groups excluding carboxylic acids is 1. The molecule has 1 aromatic carbocycles. The molecule has 0 aromatic heterocycles. The number of hydrogen-bond acceptors (Lipinski definition) is 4. The standard InChI is InChI=1S/C12H16O4/c1-8-5-6-9(12(15-3)16-4)7-10(8)11(13)14-2/h5-7,12H,1-4H3. The maximum absolute atomic E-state index is 11.5. The summed E-state index contributed by atoms with van der Waals surface area (Å²) in [6.07, 6.45) is -0.469. The summed E-state index contributed by atoms with van der Waals surface area (Å²) in [4.78, 5) is 11.5. The van der Waals surface area contributed by atoms with Gasteiger partial charge in [0.2, 0.25) is 0 Å². The Hall–Kier alpha value is -1.39. The van der Waals surface area contributed by atoms with Gasteiger partial charge in [0, 0.05) is 19.8 Å². The smallest absolute Gasteiger partial charge is 0.338 e. The normalized spacial score (nSPS) is 10.6. The average molecular weight is 224 g/mol. The molecule has 0 amide bonds. The van der Waals surface area contributed by atoms with E-state index in [9.17, 15) is 4.79 Å². The fourth-order valence-electron chi connectivity index (χ4n) is 1.48. The van der Waals surface area contributed by atoms with E-state index in [1.54, 1.807) is 20.3 Å². The molecule has 0 atom stereocenters. The summed E-state index contributed by atoms with van der Waals surface area (Å²) >= 11 is 0. The van der Waals surface area contributed by atoms with E-state index in [0.717, 1.165) is 11.1 Å². The van der Waals surface area contributed by atoms with Crippen molar-refractivity contribution in [2.24, 2.45) is 0 Å². The molecule has 4 nitrogen and oxygen atoms in total. The van der Waals surface area contributed by atoms with Gasteiger partial charge in [-0.1, -0.05) is 12.1 Å². The van der Waals surface area contributed by atoms with Crippen LogP contribution in [0.3, 0.4) is 0 Å². The van der Waals surface area contributed by atoms with Crippen LogP contribution in [0.15, 0.2) is 18.2 Å². The van der Waals surface area contributed by atoms with Crippen molar-refractivity contribution in [1.29, 1.82) is 0 Å². The maximum Gasteiger partial charge on any atom is 0.338 e. The Kier molecular flexibility index (Phi) is 4.46. The average Bonchev–Trinajstić information content (AvgIpc) is 2.31. The molecular weight excluding hydrogens is 208 g/mol. The molecular formula is C12H16O4. The highest BCUT2D eigenvalue weighted by atomic mass is 16.7. The summed E-state index contributed by atoms with van der Waals surface area (Å²) in [5.41, 5.74) is 2.18. The fraction of sp³-hybridized carbons (Fsp3) is 0.417. The quantitative estimate of drug-likeness (QED) is 0.580. The van der Waals surface area contributed by atoms with Crippen molar-refractivity contribution in [3.05, 3.63) is 34.9 Å². The number of rotatable bonds is 4. The first-order valence-corrected chi connectivity index (χ1v) is 4.88. The molecule has 0 N–H and O–H groups in total. The third-order valence-electron chi connectivity index (χ3n) is 2.37. The van der Waals surface area contributed by atoms with Gasteiger partial charge in [0.15, 0.2) is 6.29 Å². The Morgan fingerprint density at radius 3 is 2.31 bits per heavy atom. The predicted octanol–water partition coefficient (Wildman–Crippen LogP) is 2.07. The van der Waals surface area contributed by atoms with Gasteiger partial charge in [0.05, 0.1) is 12.7 Å². The van der Waals surface area contributed by atoms with Gasteiger partial charge in [-0.05, 0) is 18.6 Å². The molecule has 0 radical (unpaired) electrons. The summed E-state index contributed by atoms with van der Waals surface area (Å²) in [6, 6.07) is 5.42. The Bertz CT molecular complexity index is 369. The molecule has 0 fully saturated rings. The van der Waals surface area contributed by atoms with E-state index in [4.69, 9.17) is 14.2 Å². The third-order valence-corrected chi connectivity index (χ3v) is 2.37. The lowest BCUT2D eigenvalue weighted by Gasteiger charge is -2.15. The zero-order valence-corrected chi connectivity index (χ0v) is 9.94. The molecule has 1 rings (SSSR count). The van der Waals surface area contributed by atoms with Crippen molar-refractivity contribution >= 4 is 5.97 Å². The Morgan fingerprint density at radius 2 is 1.81 bits per heavy atom. The second-order valence-corrected chi connectivity index (χ2v) is 3.37. The summed E-state index contributed by atoms with van der Waals surface area (Å²) in [5, 5.41) is 0. The highest BCUT2D eigenvalue weighted by Gasteiger charge is 2.14. The van der Waals surface area contributed by atoms with Gasteiger partial charge in [-0.2, -0.15) is 0 Å². The SMILES string of the molecule is COC(=O)c1cc(C(OC)OC)ccc1C. The summed E-state index contributed by atoms with van der Waals surface area (Å²) in [5.74, 6) is -0.356. The lowest BCUT2D eigenvalue weighted by Crippen LogP contribution is -2.08. The Morgan fingerprint density at radius 1 is 1.19 bits per heavy atom. The van der Waals surface area contributed by atoms with Crippen molar-refractivity contribution in [2.75, 3.05) is 21.3 Å². The minimum Gasteiger partial charge on any atom is -0.465 e. The van der Waals surface area contributed by atoms with Gasteiger partial charge in [0.25, 0.3) is 0 Å². The first-order valence-electron chi connectivity index (χ1n) is 4.88. The maximum atomic E-state index is 11.5. The molecule has 4 heteroatoms. The van der Waals surface area contributed by atoms with Crippen LogP contribution < -0.4 is 0 Å². The highest BCUT2D eigenvalue weighted by molar-refractivity contribution is 5.91. The molecule has 16 heavy (non-hydrogen) atoms.